The molecule has 0 aliphatic carbocycles. The zero-order valence-electron chi connectivity index (χ0n) is 50.6. The molecular formula is C80H60N6O2. The third kappa shape index (κ3) is 6.94. The van der Waals surface area contributed by atoms with Crippen LogP contribution in [0.1, 0.15) is 90.1 Å². The minimum atomic E-state index is -0.318. The van der Waals surface area contributed by atoms with Gasteiger partial charge in [0.25, 0.3) is 0 Å². The average Bonchev–Trinajstić information content (AvgIpc) is 1.48. The van der Waals surface area contributed by atoms with Crippen LogP contribution in [0.25, 0.3) is 154 Å². The molecule has 0 aliphatic heterocycles. The van der Waals surface area contributed by atoms with Crippen LogP contribution in [0.5, 0.6) is 0 Å². The third-order valence-electron chi connectivity index (χ3n) is 18.9. The van der Waals surface area contributed by atoms with Crippen molar-refractivity contribution >= 4 is 131 Å². The van der Waals surface area contributed by atoms with Crippen molar-refractivity contribution in [2.24, 2.45) is 0 Å². The highest BCUT2D eigenvalue weighted by Gasteiger charge is 2.37. The molecule has 88 heavy (non-hydrogen) atoms. The molecule has 0 radical (unpaired) electrons. The Balaban J connectivity index is 1.21. The van der Waals surface area contributed by atoms with E-state index in [2.05, 4.69) is 269 Å². The van der Waals surface area contributed by atoms with E-state index in [0.29, 0.717) is 45.0 Å². The van der Waals surface area contributed by atoms with E-state index < -0.39 is 0 Å². The number of hydrogen-bond acceptors (Lipinski definition) is 4. The van der Waals surface area contributed by atoms with Gasteiger partial charge in [0, 0.05) is 64.6 Å². The van der Waals surface area contributed by atoms with Gasteiger partial charge < -0.3 is 27.1 Å². The van der Waals surface area contributed by atoms with Gasteiger partial charge in [-0.2, -0.15) is 10.5 Å². The first-order chi connectivity index (χ1) is 42.5. The summed E-state index contributed by atoms with van der Waals surface area (Å²) in [5, 5.41) is 38.2. The first kappa shape index (κ1) is 51.6. The van der Waals surface area contributed by atoms with Crippen LogP contribution in [0.3, 0.4) is 0 Å². The Morgan fingerprint density at radius 1 is 0.307 bits per heavy atom. The van der Waals surface area contributed by atoms with Crippen molar-refractivity contribution in [1.82, 2.24) is 18.3 Å². The van der Waals surface area contributed by atoms with Crippen molar-refractivity contribution in [2.45, 2.75) is 78.6 Å². The summed E-state index contributed by atoms with van der Waals surface area (Å²) < 4.78 is 23.8. The van der Waals surface area contributed by atoms with Gasteiger partial charge in [-0.15, -0.1) is 0 Å². The molecule has 0 atom stereocenters. The Labute approximate surface area is 507 Å². The number of fused-ring (bicyclic) bond motifs is 20. The van der Waals surface area contributed by atoms with Gasteiger partial charge in [0.2, 0.25) is 0 Å². The van der Waals surface area contributed by atoms with Crippen molar-refractivity contribution < 1.29 is 8.83 Å². The van der Waals surface area contributed by atoms with E-state index in [1.54, 1.807) is 0 Å². The normalized spacial score (nSPS) is 12.8. The maximum absolute atomic E-state index is 13.1. The number of rotatable bonds is 4. The monoisotopic (exact) mass is 1140 g/mol. The fourth-order valence-corrected chi connectivity index (χ4v) is 14.8. The largest absolute Gasteiger partial charge is 0.454 e. The summed E-state index contributed by atoms with van der Waals surface area (Å²) in [6.45, 7) is 20.3. The highest BCUT2D eigenvalue weighted by molar-refractivity contribution is 6.25. The van der Waals surface area contributed by atoms with Crippen LogP contribution in [0, 0.1) is 22.7 Å². The zero-order chi connectivity index (χ0) is 60.0. The van der Waals surface area contributed by atoms with Gasteiger partial charge in [0.05, 0.1) is 66.9 Å². The van der Waals surface area contributed by atoms with Crippen molar-refractivity contribution in [1.29, 1.82) is 10.5 Å². The molecule has 0 saturated heterocycles. The molecule has 0 N–H and O–H groups in total. The summed E-state index contributed by atoms with van der Waals surface area (Å²) >= 11 is 0. The second kappa shape index (κ2) is 17.9. The lowest BCUT2D eigenvalue weighted by Crippen LogP contribution is -2.17. The minimum Gasteiger partial charge on any atom is -0.454 e. The van der Waals surface area contributed by atoms with Gasteiger partial charge in [-0.1, -0.05) is 190 Å². The predicted octanol–water partition coefficient (Wildman–Crippen LogP) is 21.5. The van der Waals surface area contributed by atoms with E-state index in [-0.39, 0.29) is 16.2 Å². The Kier molecular flexibility index (Phi) is 10.5. The molecule has 17 rings (SSSR count). The van der Waals surface area contributed by atoms with Crippen LogP contribution in [-0.4, -0.2) is 18.3 Å². The topological polar surface area (TPSA) is 93.6 Å². The van der Waals surface area contributed by atoms with Gasteiger partial charge >= 0.3 is 0 Å². The van der Waals surface area contributed by atoms with E-state index in [9.17, 15) is 10.5 Å². The van der Waals surface area contributed by atoms with E-state index in [4.69, 9.17) is 8.83 Å². The number of benzene rings is 11. The summed E-state index contributed by atoms with van der Waals surface area (Å²) in [5.74, 6) is 0. The molecule has 0 unspecified atom stereocenters. The molecule has 0 spiro atoms. The summed E-state index contributed by atoms with van der Waals surface area (Å²) in [5.41, 5.74) is 15.5. The van der Waals surface area contributed by atoms with E-state index in [1.165, 1.54) is 5.56 Å². The Bertz CT molecular complexity index is 5770. The maximum atomic E-state index is 13.1. The number of para-hydroxylation sites is 6. The second-order valence-corrected chi connectivity index (χ2v) is 27.1. The first-order valence-corrected chi connectivity index (χ1v) is 30.4. The Hall–Kier alpha value is -10.8. The fourth-order valence-electron chi connectivity index (χ4n) is 14.8. The predicted molar refractivity (Wildman–Crippen MR) is 364 cm³/mol. The van der Waals surface area contributed by atoms with E-state index in [0.717, 1.165) is 131 Å². The summed E-state index contributed by atoms with van der Waals surface area (Å²) in [7, 11) is 0. The quantitative estimate of drug-likeness (QED) is 0.175. The van der Waals surface area contributed by atoms with Crippen LogP contribution < -0.4 is 0 Å². The number of hydrogen-bond donors (Lipinski definition) is 0. The lowest BCUT2D eigenvalue weighted by molar-refractivity contribution is 0.591. The number of nitriles is 2. The second-order valence-electron chi connectivity index (χ2n) is 27.1. The molecule has 422 valence electrons. The van der Waals surface area contributed by atoms with E-state index in [1.807, 2.05) is 24.3 Å². The molecule has 0 amide bonds. The third-order valence-corrected chi connectivity index (χ3v) is 18.9. The summed E-state index contributed by atoms with van der Waals surface area (Å²) in [6.07, 6.45) is 0. The maximum Gasteiger partial charge on any atom is 0.160 e. The van der Waals surface area contributed by atoms with Gasteiger partial charge in [0.1, 0.15) is 34.4 Å². The molecule has 6 aromatic heterocycles. The number of aromatic nitrogens is 4. The molecule has 6 heterocycles. The average molecular weight is 1140 g/mol. The molecule has 0 saturated carbocycles. The van der Waals surface area contributed by atoms with Crippen molar-refractivity contribution in [3.8, 4) is 34.9 Å². The Morgan fingerprint density at radius 3 is 1.17 bits per heavy atom. The van der Waals surface area contributed by atoms with Gasteiger partial charge in [0.15, 0.2) is 11.2 Å². The minimum absolute atomic E-state index is 0.202. The fraction of sp³-hybridized carbons (Fsp3) is 0.150. The Morgan fingerprint density at radius 2 is 0.693 bits per heavy atom. The highest BCUT2D eigenvalue weighted by Crippen LogP contribution is 2.53. The van der Waals surface area contributed by atoms with Gasteiger partial charge in [-0.25, -0.2) is 0 Å². The molecule has 0 aliphatic rings. The molecule has 8 nitrogen and oxygen atoms in total. The first-order valence-electron chi connectivity index (χ1n) is 30.4. The lowest BCUT2D eigenvalue weighted by Gasteiger charge is -2.27. The molecule has 0 fully saturated rings. The van der Waals surface area contributed by atoms with Crippen LogP contribution in [-0.2, 0) is 16.2 Å². The van der Waals surface area contributed by atoms with Gasteiger partial charge in [-0.05, 0) is 106 Å². The highest BCUT2D eigenvalue weighted by atomic mass is 16.3. The van der Waals surface area contributed by atoms with Crippen LogP contribution >= 0.6 is 0 Å². The standard InChI is InChI=1S/C80H60N6O2/c1-78(2,3)45-34-38-65-55(40-45)52-36-37-53-51-26-14-20-32-67(51)87-76(53)73(52)86(65)75-71(83-61-28-16-10-22-47(61)48-23-11-17-29-62(48)83)58(43-81)70(59(44-82)72(75)84-63-30-18-12-24-49(63)50-25-13-19-31-64(50)84)85-66-39-35-46(79(4,5)6)41-56(66)57-42-60(80(7,8)9)69-54-27-15-21-33-68(54)88-77(69)74(57)85/h10-42H,1-9H3. The zero-order valence-corrected chi connectivity index (χ0v) is 50.6. The summed E-state index contributed by atoms with van der Waals surface area (Å²) in [6, 6.07) is 76.9. The lowest BCUT2D eigenvalue weighted by atomic mass is 9.82. The number of furan rings is 2. The van der Waals surface area contributed by atoms with Crippen LogP contribution in [0.4, 0.5) is 0 Å². The van der Waals surface area contributed by atoms with Crippen molar-refractivity contribution in [2.75, 3.05) is 0 Å². The molecule has 17 aromatic rings. The number of nitrogens with zero attached hydrogens (tertiary/aromatic N) is 6. The molecular weight excluding hydrogens is 1080 g/mol. The van der Waals surface area contributed by atoms with Crippen LogP contribution in [0.2, 0.25) is 0 Å². The van der Waals surface area contributed by atoms with Crippen LogP contribution in [0.15, 0.2) is 209 Å². The molecule has 0 bridgehead atoms. The van der Waals surface area contributed by atoms with Crippen molar-refractivity contribution in [3.05, 3.63) is 228 Å². The summed E-state index contributed by atoms with van der Waals surface area (Å²) in [4.78, 5) is 0. The SMILES string of the molecule is CC(C)(C)c1ccc2c(c1)c1ccc3c4ccccc4oc3c1n2-c1c(-n2c3ccccc3c3ccccc32)c(C#N)c(-n2c3ccc(C(C)(C)C)cc3c3cc(C(C)(C)C)c4c5ccccc5oc4c32)c(C#N)c1-n1c2ccccc2c2ccccc21. The molecule has 11 aromatic carbocycles. The van der Waals surface area contributed by atoms with Gasteiger partial charge in [-0.3, -0.25) is 0 Å². The van der Waals surface area contributed by atoms with E-state index >= 15 is 0 Å². The van der Waals surface area contributed by atoms with Crippen molar-refractivity contribution in [3.63, 3.8) is 0 Å². The molecule has 8 heteroatoms. The smallest absolute Gasteiger partial charge is 0.160 e.